The topological polar surface area (TPSA) is 17.1 Å². The third-order valence-electron chi connectivity index (χ3n) is 2.43. The lowest BCUT2D eigenvalue weighted by molar-refractivity contribution is 0.0973. The summed E-state index contributed by atoms with van der Waals surface area (Å²) in [5.74, 6) is 0.0198. The number of hydrogen-bond acceptors (Lipinski definition) is 1. The Labute approximate surface area is 104 Å². The van der Waals surface area contributed by atoms with Crippen molar-refractivity contribution in [2.24, 2.45) is 5.92 Å². The molecule has 88 valence electrons. The summed E-state index contributed by atoms with van der Waals surface area (Å²) in [4.78, 5) is 11.8. The third-order valence-corrected chi connectivity index (χ3v) is 3.09. The highest BCUT2D eigenvalue weighted by atomic mass is 79.9. The van der Waals surface area contributed by atoms with Crippen molar-refractivity contribution in [3.05, 3.63) is 34.1 Å². The fraction of sp³-hybridized carbons (Fsp3) is 0.462. The van der Waals surface area contributed by atoms with Gasteiger partial charge in [0.2, 0.25) is 0 Å². The Morgan fingerprint density at radius 3 is 2.69 bits per heavy atom. The van der Waals surface area contributed by atoms with Crippen LogP contribution in [0.2, 0.25) is 0 Å². The van der Waals surface area contributed by atoms with Crippen LogP contribution in [0.3, 0.4) is 0 Å². The highest BCUT2D eigenvalue weighted by Gasteiger charge is 2.14. The van der Waals surface area contributed by atoms with Crippen molar-refractivity contribution in [2.75, 3.05) is 0 Å². The van der Waals surface area contributed by atoms with Gasteiger partial charge >= 0.3 is 0 Å². The third kappa shape index (κ3) is 3.71. The zero-order valence-electron chi connectivity index (χ0n) is 9.59. The van der Waals surface area contributed by atoms with Crippen LogP contribution in [0.25, 0.3) is 0 Å². The summed E-state index contributed by atoms with van der Waals surface area (Å²) in [6, 6.07) is 4.60. The highest BCUT2D eigenvalue weighted by molar-refractivity contribution is 9.10. The second kappa shape index (κ2) is 6.14. The first kappa shape index (κ1) is 13.4. The number of Topliss-reactive ketones (excluding diaryl/α,β-unsaturated/α-hetero) is 1. The summed E-state index contributed by atoms with van der Waals surface area (Å²) in [5.41, 5.74) is 0.186. The maximum Gasteiger partial charge on any atom is 0.166 e. The van der Waals surface area contributed by atoms with E-state index in [1.165, 1.54) is 6.07 Å². The Kier molecular flexibility index (Phi) is 5.13. The molecule has 0 amide bonds. The Bertz CT molecular complexity index is 354. The fourth-order valence-electron chi connectivity index (χ4n) is 1.56. The van der Waals surface area contributed by atoms with Crippen molar-refractivity contribution in [1.29, 1.82) is 0 Å². The zero-order chi connectivity index (χ0) is 12.1. The minimum Gasteiger partial charge on any atom is -0.294 e. The Morgan fingerprint density at radius 2 is 2.12 bits per heavy atom. The predicted octanol–water partition coefficient (Wildman–Crippen LogP) is 4.60. The number of halogens is 2. The lowest BCUT2D eigenvalue weighted by atomic mass is 10.0. The molecule has 1 rings (SSSR count). The zero-order valence-corrected chi connectivity index (χ0v) is 11.2. The van der Waals surface area contributed by atoms with Gasteiger partial charge in [-0.3, -0.25) is 4.79 Å². The number of carbonyl (C=O) groups is 1. The molecule has 0 saturated heterocycles. The molecule has 0 heterocycles. The van der Waals surface area contributed by atoms with E-state index in [9.17, 15) is 9.18 Å². The van der Waals surface area contributed by atoms with Gasteiger partial charge in [0.05, 0.1) is 5.56 Å². The molecular weight excluding hydrogens is 271 g/mol. The van der Waals surface area contributed by atoms with Gasteiger partial charge in [0, 0.05) is 10.9 Å². The second-order valence-corrected chi connectivity index (χ2v) is 5.16. The van der Waals surface area contributed by atoms with Crippen LogP contribution in [0.4, 0.5) is 4.39 Å². The molecular formula is C13H16BrFO. The largest absolute Gasteiger partial charge is 0.294 e. The van der Waals surface area contributed by atoms with Crippen molar-refractivity contribution in [3.8, 4) is 0 Å². The van der Waals surface area contributed by atoms with Crippen molar-refractivity contribution >= 4 is 21.7 Å². The minimum atomic E-state index is -0.441. The molecule has 0 radical (unpaired) electrons. The normalized spacial score (nSPS) is 10.8. The fourth-order valence-corrected chi connectivity index (χ4v) is 2.12. The first-order valence-corrected chi connectivity index (χ1v) is 6.29. The molecule has 1 nitrogen and oxygen atoms in total. The molecule has 1 aromatic carbocycles. The smallest absolute Gasteiger partial charge is 0.166 e. The maximum absolute atomic E-state index is 13.4. The van der Waals surface area contributed by atoms with Gasteiger partial charge in [0.25, 0.3) is 0 Å². The molecule has 0 atom stereocenters. The maximum atomic E-state index is 13.4. The molecule has 0 fully saturated rings. The average molecular weight is 287 g/mol. The van der Waals surface area contributed by atoms with E-state index in [1.807, 2.05) is 0 Å². The SMILES string of the molecule is CC(C)CCCC(=O)c1c(F)cccc1Br. The number of hydrogen-bond donors (Lipinski definition) is 0. The van der Waals surface area contributed by atoms with Crippen LogP contribution in [-0.4, -0.2) is 5.78 Å². The molecule has 0 bridgehead atoms. The average Bonchev–Trinajstić information content (AvgIpc) is 2.16. The van der Waals surface area contributed by atoms with Crippen LogP contribution in [0.1, 0.15) is 43.5 Å². The molecule has 0 aliphatic carbocycles. The second-order valence-electron chi connectivity index (χ2n) is 4.31. The summed E-state index contributed by atoms with van der Waals surface area (Å²) in [6.07, 6.45) is 2.23. The van der Waals surface area contributed by atoms with Crippen LogP contribution in [0.5, 0.6) is 0 Å². The van der Waals surface area contributed by atoms with Crippen LogP contribution in [-0.2, 0) is 0 Å². The van der Waals surface area contributed by atoms with Crippen LogP contribution in [0, 0.1) is 11.7 Å². The molecule has 0 aromatic heterocycles. The summed E-state index contributed by atoms with van der Waals surface area (Å²) < 4.78 is 14.0. The molecule has 0 aliphatic rings. The van der Waals surface area contributed by atoms with Gasteiger partial charge in [-0.1, -0.05) is 26.3 Å². The van der Waals surface area contributed by atoms with Crippen LogP contribution in [0.15, 0.2) is 22.7 Å². The Balaban J connectivity index is 2.66. The van der Waals surface area contributed by atoms with Crippen LogP contribution < -0.4 is 0 Å². The van der Waals surface area contributed by atoms with E-state index < -0.39 is 5.82 Å². The molecule has 0 saturated carbocycles. The number of benzene rings is 1. The molecule has 0 spiro atoms. The van der Waals surface area contributed by atoms with Gasteiger partial charge in [0.15, 0.2) is 5.78 Å². The van der Waals surface area contributed by atoms with Crippen molar-refractivity contribution in [1.82, 2.24) is 0 Å². The van der Waals surface area contributed by atoms with Gasteiger partial charge in [-0.2, -0.15) is 0 Å². The van der Waals surface area contributed by atoms with E-state index in [2.05, 4.69) is 29.8 Å². The lowest BCUT2D eigenvalue weighted by Gasteiger charge is -2.06. The number of rotatable bonds is 5. The van der Waals surface area contributed by atoms with Gasteiger partial charge in [0.1, 0.15) is 5.82 Å². The van der Waals surface area contributed by atoms with E-state index in [4.69, 9.17) is 0 Å². The molecule has 0 N–H and O–H groups in total. The first-order valence-electron chi connectivity index (χ1n) is 5.49. The van der Waals surface area contributed by atoms with Crippen molar-refractivity contribution in [2.45, 2.75) is 33.1 Å². The van der Waals surface area contributed by atoms with E-state index in [0.29, 0.717) is 16.8 Å². The standard InChI is InChI=1S/C13H16BrFO/c1-9(2)5-3-8-12(16)13-10(14)6-4-7-11(13)15/h4,6-7,9H,3,5,8H2,1-2H3. The molecule has 3 heteroatoms. The predicted molar refractivity (Wildman–Crippen MR) is 67.1 cm³/mol. The summed E-state index contributed by atoms with van der Waals surface area (Å²) >= 11 is 3.21. The first-order chi connectivity index (χ1) is 7.52. The van der Waals surface area contributed by atoms with Gasteiger partial charge in [-0.05, 0) is 40.4 Å². The Hall–Kier alpha value is -0.700. The van der Waals surface area contributed by atoms with E-state index in [-0.39, 0.29) is 11.3 Å². The molecule has 1 aromatic rings. The molecule has 0 unspecified atom stereocenters. The quantitative estimate of drug-likeness (QED) is 0.723. The summed E-state index contributed by atoms with van der Waals surface area (Å²) in [7, 11) is 0. The van der Waals surface area contributed by atoms with Gasteiger partial charge in [-0.25, -0.2) is 4.39 Å². The monoisotopic (exact) mass is 286 g/mol. The van der Waals surface area contributed by atoms with E-state index >= 15 is 0 Å². The van der Waals surface area contributed by atoms with Crippen molar-refractivity contribution < 1.29 is 9.18 Å². The minimum absolute atomic E-state index is 0.120. The van der Waals surface area contributed by atoms with E-state index in [1.54, 1.807) is 12.1 Å². The van der Waals surface area contributed by atoms with E-state index in [0.717, 1.165) is 12.8 Å². The summed E-state index contributed by atoms with van der Waals surface area (Å²) in [6.45, 7) is 4.23. The van der Waals surface area contributed by atoms with Crippen LogP contribution >= 0.6 is 15.9 Å². The highest BCUT2D eigenvalue weighted by Crippen LogP contribution is 2.22. The molecule has 0 aliphatic heterocycles. The number of ketones is 1. The molecule has 16 heavy (non-hydrogen) atoms. The summed E-state index contributed by atoms with van der Waals surface area (Å²) in [5, 5.41) is 0. The van der Waals surface area contributed by atoms with Crippen molar-refractivity contribution in [3.63, 3.8) is 0 Å². The Morgan fingerprint density at radius 1 is 1.44 bits per heavy atom. The van der Waals surface area contributed by atoms with Gasteiger partial charge in [-0.15, -0.1) is 0 Å². The van der Waals surface area contributed by atoms with Gasteiger partial charge < -0.3 is 0 Å². The number of carbonyl (C=O) groups excluding carboxylic acids is 1. The lowest BCUT2D eigenvalue weighted by Crippen LogP contribution is -2.04.